The second-order valence-electron chi connectivity index (χ2n) is 23.9. The largest absolute Gasteiger partial charge is 0.310 e. The zero-order valence-corrected chi connectivity index (χ0v) is 46.4. The monoisotopic (exact) mass is 1050 g/mol. The molecule has 12 aromatic rings. The van der Waals surface area contributed by atoms with Crippen LogP contribution in [0.3, 0.4) is 0 Å². The predicted molar refractivity (Wildman–Crippen MR) is 343 cm³/mol. The van der Waals surface area contributed by atoms with E-state index in [1.165, 1.54) is 135 Å². The van der Waals surface area contributed by atoms with Gasteiger partial charge in [0.2, 0.25) is 0 Å². The normalized spacial score (nSPS) is 17.6. The molecule has 2 heteroatoms. The van der Waals surface area contributed by atoms with Crippen molar-refractivity contribution in [3.05, 3.63) is 312 Å². The van der Waals surface area contributed by atoms with Crippen molar-refractivity contribution in [3.8, 4) is 55.6 Å². The van der Waals surface area contributed by atoms with Crippen LogP contribution in [0.15, 0.2) is 279 Å². The summed E-state index contributed by atoms with van der Waals surface area (Å²) in [5.41, 5.74) is 28.2. The molecule has 0 aromatic heterocycles. The van der Waals surface area contributed by atoms with E-state index in [0.717, 1.165) is 24.2 Å². The molecule has 4 aliphatic rings. The van der Waals surface area contributed by atoms with Crippen LogP contribution in [0, 0.1) is 11.8 Å². The highest BCUT2D eigenvalue weighted by Crippen LogP contribution is 2.69. The van der Waals surface area contributed by atoms with Gasteiger partial charge >= 0.3 is 0 Å². The highest BCUT2D eigenvalue weighted by molar-refractivity contribution is 5.99. The lowest BCUT2D eigenvalue weighted by Gasteiger charge is -2.40. The minimum Gasteiger partial charge on any atom is -0.310 e. The topological polar surface area (TPSA) is 6.48 Å². The SMILES string of the molecule is CC1(C)c2ccccc2-c2c(-c3ccccc3)cc(N(c3ccccc3)c3cccc4c3C35c6c(cccc6N(c6ccccc6)c6ccc(-c7cc8ccccc8cc7-c7ccc(-c8ccccc8)cc7)cc6)CC3CCC5C4)cc21. The lowest BCUT2D eigenvalue weighted by Crippen LogP contribution is -2.34. The fourth-order valence-corrected chi connectivity index (χ4v) is 15.8. The van der Waals surface area contributed by atoms with Crippen LogP contribution >= 0.6 is 0 Å². The van der Waals surface area contributed by atoms with Crippen molar-refractivity contribution < 1.29 is 0 Å². The van der Waals surface area contributed by atoms with Crippen molar-refractivity contribution >= 4 is 44.9 Å². The van der Waals surface area contributed by atoms with Crippen LogP contribution in [0.4, 0.5) is 34.1 Å². The first kappa shape index (κ1) is 48.4. The first-order valence-electron chi connectivity index (χ1n) is 29.5. The van der Waals surface area contributed by atoms with Gasteiger partial charge < -0.3 is 9.80 Å². The Morgan fingerprint density at radius 2 is 0.744 bits per heavy atom. The van der Waals surface area contributed by atoms with Crippen molar-refractivity contribution in [3.63, 3.8) is 0 Å². The molecule has 0 amide bonds. The molecule has 0 N–H and O–H groups in total. The van der Waals surface area contributed by atoms with Crippen molar-refractivity contribution in [2.24, 2.45) is 11.8 Å². The van der Waals surface area contributed by atoms with E-state index in [4.69, 9.17) is 0 Å². The van der Waals surface area contributed by atoms with Gasteiger partial charge in [-0.25, -0.2) is 0 Å². The summed E-state index contributed by atoms with van der Waals surface area (Å²) in [6, 6.07) is 105. The van der Waals surface area contributed by atoms with Crippen LogP contribution in [-0.4, -0.2) is 0 Å². The van der Waals surface area contributed by atoms with E-state index in [0.29, 0.717) is 11.8 Å². The van der Waals surface area contributed by atoms with Crippen molar-refractivity contribution in [1.29, 1.82) is 0 Å². The number of benzene rings is 12. The average molecular weight is 1050 g/mol. The summed E-state index contributed by atoms with van der Waals surface area (Å²) in [6.45, 7) is 4.84. The van der Waals surface area contributed by atoms with Gasteiger partial charge in [-0.1, -0.05) is 220 Å². The zero-order valence-electron chi connectivity index (χ0n) is 46.4. The lowest BCUT2D eigenvalue weighted by atomic mass is 9.68. The number of nitrogens with zero attached hydrogens (tertiary/aromatic N) is 2. The minimum absolute atomic E-state index is 0.196. The third-order valence-corrected chi connectivity index (χ3v) is 19.3. The van der Waals surface area contributed by atoms with Gasteiger partial charge in [-0.3, -0.25) is 0 Å². The molecule has 4 aliphatic carbocycles. The molecule has 12 aromatic carbocycles. The summed E-state index contributed by atoms with van der Waals surface area (Å²) in [6.07, 6.45) is 4.57. The number of hydrogen-bond acceptors (Lipinski definition) is 2. The molecule has 3 atom stereocenters. The average Bonchev–Trinajstić information content (AvgIpc) is 2.06. The fourth-order valence-electron chi connectivity index (χ4n) is 15.8. The van der Waals surface area contributed by atoms with Crippen LogP contribution in [-0.2, 0) is 23.7 Å². The molecule has 0 heterocycles. The van der Waals surface area contributed by atoms with E-state index in [1.807, 2.05) is 0 Å². The Labute approximate surface area is 482 Å². The molecule has 0 radical (unpaired) electrons. The van der Waals surface area contributed by atoms with Gasteiger partial charge in [-0.2, -0.15) is 0 Å². The molecular weight excluding hydrogens is 989 g/mol. The number of para-hydroxylation sites is 2. The number of fused-ring (bicyclic) bond motifs is 6. The molecule has 16 rings (SSSR count). The molecular formula is C80H62N2. The maximum absolute atomic E-state index is 2.64. The molecule has 2 nitrogen and oxygen atoms in total. The van der Waals surface area contributed by atoms with Gasteiger partial charge in [-0.05, 0) is 210 Å². The van der Waals surface area contributed by atoms with Crippen molar-refractivity contribution in [2.75, 3.05) is 9.80 Å². The minimum atomic E-state index is -0.206. The van der Waals surface area contributed by atoms with E-state index in [2.05, 4.69) is 303 Å². The zero-order chi connectivity index (χ0) is 54.5. The van der Waals surface area contributed by atoms with Crippen LogP contribution < -0.4 is 9.80 Å². The second-order valence-corrected chi connectivity index (χ2v) is 23.9. The summed E-state index contributed by atoms with van der Waals surface area (Å²) >= 11 is 0. The third-order valence-electron chi connectivity index (χ3n) is 19.3. The van der Waals surface area contributed by atoms with E-state index in [1.54, 1.807) is 0 Å². The Hall–Kier alpha value is -9.50. The fraction of sp³-hybridized carbons (Fsp3) is 0.125. The Kier molecular flexibility index (Phi) is 11.3. The first-order valence-corrected chi connectivity index (χ1v) is 29.5. The summed E-state index contributed by atoms with van der Waals surface area (Å²) < 4.78 is 0. The summed E-state index contributed by atoms with van der Waals surface area (Å²) in [5.74, 6) is 0.935. The van der Waals surface area contributed by atoms with Crippen LogP contribution in [0.1, 0.15) is 60.1 Å². The molecule has 0 saturated heterocycles. The molecule has 1 spiro atoms. The highest BCUT2D eigenvalue weighted by atomic mass is 15.2. The van der Waals surface area contributed by atoms with E-state index in [9.17, 15) is 0 Å². The molecule has 1 saturated carbocycles. The Bertz CT molecular complexity index is 4400. The summed E-state index contributed by atoms with van der Waals surface area (Å²) in [5, 5.41) is 2.48. The standard InChI is InChI=1S/C80H62N2/c1-79(2)72-34-18-17-33-68(72)76-71(55-23-9-4-10-24-55)51-67(52-73(76)79)82(65-31-13-6-14-32-65)75-36-20-28-61-48-63-44-43-62-47-60-27-19-35-74(77(60)80(62,63)78(61)75)81(64-29-11-5-12-30-64)66-45-41-57(42-46-66)70-50-59-26-16-15-25-58(59)49-69(70)56-39-37-54(38-40-56)53-21-7-3-8-22-53/h3-42,45-46,49-52,62-63H,43-44,47-48H2,1-2H3. The van der Waals surface area contributed by atoms with Gasteiger partial charge in [0.05, 0.1) is 11.4 Å². The summed E-state index contributed by atoms with van der Waals surface area (Å²) in [4.78, 5) is 5.23. The van der Waals surface area contributed by atoms with Crippen LogP contribution in [0.5, 0.6) is 0 Å². The Morgan fingerprint density at radius 3 is 1.30 bits per heavy atom. The molecule has 0 bridgehead atoms. The van der Waals surface area contributed by atoms with Gasteiger partial charge in [0.15, 0.2) is 0 Å². The maximum Gasteiger partial charge on any atom is 0.0505 e. The number of rotatable bonds is 10. The van der Waals surface area contributed by atoms with Crippen LogP contribution in [0.25, 0.3) is 66.4 Å². The Morgan fingerprint density at radius 1 is 0.317 bits per heavy atom. The van der Waals surface area contributed by atoms with E-state index >= 15 is 0 Å². The molecule has 1 fully saturated rings. The predicted octanol–water partition coefficient (Wildman–Crippen LogP) is 21.2. The number of hydrogen-bond donors (Lipinski definition) is 0. The molecule has 392 valence electrons. The molecule has 82 heavy (non-hydrogen) atoms. The Balaban J connectivity index is 0.864. The second kappa shape index (κ2) is 19.1. The van der Waals surface area contributed by atoms with E-state index < -0.39 is 0 Å². The van der Waals surface area contributed by atoms with E-state index in [-0.39, 0.29) is 10.8 Å². The molecule has 0 aliphatic heterocycles. The lowest BCUT2D eigenvalue weighted by molar-refractivity contribution is 0.350. The third kappa shape index (κ3) is 7.47. The van der Waals surface area contributed by atoms with Gasteiger partial charge in [0.1, 0.15) is 0 Å². The van der Waals surface area contributed by atoms with Crippen LogP contribution in [0.2, 0.25) is 0 Å². The van der Waals surface area contributed by atoms with Gasteiger partial charge in [0, 0.05) is 33.6 Å². The van der Waals surface area contributed by atoms with Gasteiger partial charge in [0.25, 0.3) is 0 Å². The quantitative estimate of drug-likeness (QED) is 0.135. The summed E-state index contributed by atoms with van der Waals surface area (Å²) in [7, 11) is 0. The van der Waals surface area contributed by atoms with Crippen molar-refractivity contribution in [1.82, 2.24) is 0 Å². The first-order chi connectivity index (χ1) is 40.4. The van der Waals surface area contributed by atoms with Crippen molar-refractivity contribution in [2.45, 2.75) is 50.4 Å². The number of anilines is 6. The van der Waals surface area contributed by atoms with Gasteiger partial charge in [-0.15, -0.1) is 0 Å². The maximum atomic E-state index is 2.64. The highest BCUT2D eigenvalue weighted by Gasteiger charge is 2.62. The smallest absolute Gasteiger partial charge is 0.0505 e. The molecule has 3 unspecified atom stereocenters.